The van der Waals surface area contributed by atoms with E-state index in [1.807, 2.05) is 43.3 Å². The summed E-state index contributed by atoms with van der Waals surface area (Å²) in [6.07, 6.45) is 3.17. The van der Waals surface area contributed by atoms with Gasteiger partial charge in [-0.2, -0.15) is 5.10 Å². The number of amides is 3. The fourth-order valence-electron chi connectivity index (χ4n) is 2.13. The number of hydrogen-bond donors (Lipinski definition) is 3. The Balaban J connectivity index is 1.88. The average molecular weight is 365 g/mol. The van der Waals surface area contributed by atoms with E-state index >= 15 is 0 Å². The zero-order valence-electron chi connectivity index (χ0n) is 15.4. The first-order chi connectivity index (χ1) is 13.0. The molecule has 0 radical (unpaired) electrons. The normalized spacial score (nSPS) is 10.3. The van der Waals surface area contributed by atoms with Crippen molar-refractivity contribution in [2.24, 2.45) is 5.10 Å². The van der Waals surface area contributed by atoms with Gasteiger partial charge in [0.05, 0.1) is 6.21 Å². The minimum Gasteiger partial charge on any atom is -0.378 e. The molecule has 0 aliphatic rings. The summed E-state index contributed by atoms with van der Waals surface area (Å²) in [4.78, 5) is 25.7. The highest BCUT2D eigenvalue weighted by molar-refractivity contribution is 5.96. The maximum atomic E-state index is 12.1. The van der Waals surface area contributed by atoms with Crippen molar-refractivity contribution in [3.8, 4) is 0 Å². The van der Waals surface area contributed by atoms with Gasteiger partial charge in [-0.05, 0) is 42.0 Å². The third-order valence-electron chi connectivity index (χ3n) is 3.60. The maximum Gasteiger partial charge on any atom is 0.319 e. The van der Waals surface area contributed by atoms with Gasteiger partial charge < -0.3 is 15.5 Å². The Bertz CT molecular complexity index is 811. The van der Waals surface area contributed by atoms with Crippen molar-refractivity contribution in [3.63, 3.8) is 0 Å². The maximum absolute atomic E-state index is 12.1. The van der Waals surface area contributed by atoms with E-state index in [1.165, 1.54) is 0 Å². The number of nitrogens with one attached hydrogen (secondary N) is 3. The van der Waals surface area contributed by atoms with Crippen LogP contribution in [0.5, 0.6) is 0 Å². The van der Waals surface area contributed by atoms with E-state index in [4.69, 9.17) is 0 Å². The number of carbonyl (C=O) groups is 2. The minimum absolute atomic E-state index is 0.334. The van der Waals surface area contributed by atoms with E-state index in [-0.39, 0.29) is 11.9 Å². The Labute approximate surface area is 158 Å². The van der Waals surface area contributed by atoms with E-state index in [1.54, 1.807) is 36.6 Å². The lowest BCUT2D eigenvalue weighted by atomic mass is 10.2. The van der Waals surface area contributed by atoms with Gasteiger partial charge in [-0.25, -0.2) is 10.2 Å². The molecule has 0 spiro atoms. The molecule has 0 aromatic heterocycles. The quantitative estimate of drug-likeness (QED) is 0.401. The highest BCUT2D eigenvalue weighted by Crippen LogP contribution is 2.11. The van der Waals surface area contributed by atoms with Crippen LogP contribution >= 0.6 is 0 Å². The van der Waals surface area contributed by atoms with Crippen LogP contribution in [0.1, 0.15) is 15.9 Å². The second-order valence-corrected chi connectivity index (χ2v) is 5.89. The Morgan fingerprint density at radius 1 is 1.07 bits per heavy atom. The summed E-state index contributed by atoms with van der Waals surface area (Å²) in [6, 6.07) is 14.0. The molecule has 3 N–H and O–H groups in total. The third kappa shape index (κ3) is 6.32. The number of hydrogen-bond acceptors (Lipinski definition) is 4. The van der Waals surface area contributed by atoms with Gasteiger partial charge in [0.2, 0.25) is 0 Å². The number of rotatable bonds is 7. The summed E-state index contributed by atoms with van der Waals surface area (Å²) >= 11 is 0. The first-order valence-corrected chi connectivity index (χ1v) is 8.36. The van der Waals surface area contributed by atoms with E-state index in [0.29, 0.717) is 17.8 Å². The van der Waals surface area contributed by atoms with Crippen LogP contribution < -0.4 is 21.0 Å². The molecule has 7 nitrogen and oxygen atoms in total. The summed E-state index contributed by atoms with van der Waals surface area (Å²) in [5.74, 6) is -0.334. The molecule has 27 heavy (non-hydrogen) atoms. The minimum atomic E-state index is -0.336. The Hall–Kier alpha value is -3.61. The lowest BCUT2D eigenvalue weighted by Crippen LogP contribution is -2.28. The standard InChI is InChI=1S/C20H23N5O2/c1-4-13-21-20(27)23-17-9-7-16(8-10-17)19(26)24-22-14-15-5-11-18(12-6-15)25(2)3/h4-12,14H,1,13H2,2-3H3,(H,24,26)(H2,21,23,27)/b22-14+. The number of anilines is 2. The molecule has 0 unspecified atom stereocenters. The van der Waals surface area contributed by atoms with Gasteiger partial charge in [-0.1, -0.05) is 18.2 Å². The summed E-state index contributed by atoms with van der Waals surface area (Å²) in [6.45, 7) is 3.90. The predicted molar refractivity (Wildman–Crippen MR) is 109 cm³/mol. The van der Waals surface area contributed by atoms with Crippen molar-refractivity contribution < 1.29 is 9.59 Å². The van der Waals surface area contributed by atoms with Gasteiger partial charge in [0, 0.05) is 37.6 Å². The van der Waals surface area contributed by atoms with Gasteiger partial charge in [0.15, 0.2) is 0 Å². The summed E-state index contributed by atoms with van der Waals surface area (Å²) < 4.78 is 0. The molecule has 0 fully saturated rings. The summed E-state index contributed by atoms with van der Waals surface area (Å²) in [5.41, 5.74) is 5.47. The smallest absolute Gasteiger partial charge is 0.319 e. The van der Waals surface area contributed by atoms with Gasteiger partial charge in [0.1, 0.15) is 0 Å². The third-order valence-corrected chi connectivity index (χ3v) is 3.60. The van der Waals surface area contributed by atoms with Crippen LogP contribution in [0.25, 0.3) is 0 Å². The van der Waals surface area contributed by atoms with Crippen molar-refractivity contribution in [2.75, 3.05) is 30.9 Å². The van der Waals surface area contributed by atoms with Crippen molar-refractivity contribution in [1.82, 2.24) is 10.7 Å². The molecule has 0 saturated carbocycles. The molecule has 2 aromatic rings. The zero-order chi connectivity index (χ0) is 19.6. The van der Waals surface area contributed by atoms with E-state index in [2.05, 4.69) is 27.7 Å². The molecule has 0 bridgehead atoms. The van der Waals surface area contributed by atoms with Crippen LogP contribution in [0.3, 0.4) is 0 Å². The van der Waals surface area contributed by atoms with Crippen LogP contribution in [-0.2, 0) is 0 Å². The lowest BCUT2D eigenvalue weighted by Gasteiger charge is -2.11. The molecule has 140 valence electrons. The zero-order valence-corrected chi connectivity index (χ0v) is 15.4. The second kappa shape index (κ2) is 9.76. The van der Waals surface area contributed by atoms with Crippen molar-refractivity contribution in [2.45, 2.75) is 0 Å². The fraction of sp³-hybridized carbons (Fsp3) is 0.150. The summed E-state index contributed by atoms with van der Waals surface area (Å²) in [7, 11) is 3.94. The topological polar surface area (TPSA) is 85.8 Å². The number of nitrogens with zero attached hydrogens (tertiary/aromatic N) is 2. The van der Waals surface area contributed by atoms with Gasteiger partial charge in [-0.3, -0.25) is 4.79 Å². The number of hydrazone groups is 1. The number of urea groups is 1. The first-order valence-electron chi connectivity index (χ1n) is 8.36. The molecular weight excluding hydrogens is 342 g/mol. The second-order valence-electron chi connectivity index (χ2n) is 5.89. The molecule has 0 aliphatic carbocycles. The highest BCUT2D eigenvalue weighted by atomic mass is 16.2. The first kappa shape index (κ1) is 19.7. The molecule has 2 rings (SSSR count). The van der Waals surface area contributed by atoms with Crippen LogP contribution in [0.15, 0.2) is 66.3 Å². The molecule has 0 heterocycles. The Morgan fingerprint density at radius 3 is 2.33 bits per heavy atom. The molecule has 7 heteroatoms. The van der Waals surface area contributed by atoms with Gasteiger partial charge in [0.25, 0.3) is 5.91 Å². The molecule has 3 amide bonds. The molecular formula is C20H23N5O2. The van der Waals surface area contributed by atoms with Crippen LogP contribution in [0.2, 0.25) is 0 Å². The highest BCUT2D eigenvalue weighted by Gasteiger charge is 2.05. The van der Waals surface area contributed by atoms with Crippen LogP contribution in [0, 0.1) is 0 Å². The monoisotopic (exact) mass is 365 g/mol. The van der Waals surface area contributed by atoms with Gasteiger partial charge in [-0.15, -0.1) is 6.58 Å². The van der Waals surface area contributed by atoms with Crippen LogP contribution in [-0.4, -0.2) is 38.8 Å². The van der Waals surface area contributed by atoms with Crippen LogP contribution in [0.4, 0.5) is 16.2 Å². The fourth-order valence-corrected chi connectivity index (χ4v) is 2.13. The SMILES string of the molecule is C=CCNC(=O)Nc1ccc(C(=O)N/N=C/c2ccc(N(C)C)cc2)cc1. The Kier molecular flexibility index (Phi) is 7.13. The van der Waals surface area contributed by atoms with Crippen molar-refractivity contribution in [3.05, 3.63) is 72.3 Å². The number of benzene rings is 2. The van der Waals surface area contributed by atoms with E-state index in [9.17, 15) is 9.59 Å². The summed E-state index contributed by atoms with van der Waals surface area (Å²) in [5, 5.41) is 9.23. The van der Waals surface area contributed by atoms with Crippen molar-refractivity contribution >= 4 is 29.5 Å². The molecule has 0 atom stereocenters. The molecule has 0 saturated heterocycles. The average Bonchev–Trinajstić information content (AvgIpc) is 2.67. The van der Waals surface area contributed by atoms with E-state index < -0.39 is 0 Å². The van der Waals surface area contributed by atoms with Crippen molar-refractivity contribution in [1.29, 1.82) is 0 Å². The number of carbonyl (C=O) groups excluding carboxylic acids is 2. The van der Waals surface area contributed by atoms with E-state index in [0.717, 1.165) is 11.3 Å². The largest absolute Gasteiger partial charge is 0.378 e. The lowest BCUT2D eigenvalue weighted by molar-refractivity contribution is 0.0955. The Morgan fingerprint density at radius 2 is 1.74 bits per heavy atom. The molecule has 0 aliphatic heterocycles. The predicted octanol–water partition coefficient (Wildman–Crippen LogP) is 2.82. The molecule has 2 aromatic carbocycles. The van der Waals surface area contributed by atoms with Gasteiger partial charge >= 0.3 is 6.03 Å².